The van der Waals surface area contributed by atoms with Crippen LogP contribution in [0.1, 0.15) is 17.3 Å². The van der Waals surface area contributed by atoms with Crippen molar-refractivity contribution in [2.24, 2.45) is 0 Å². The zero-order valence-electron chi connectivity index (χ0n) is 16.3. The SMILES string of the molecule is COC(=O)c1ccc(NC(=O)CSc2ccc(NC(=O)/C=C(/C)C(=O)O)cc2)cc1. The largest absolute Gasteiger partial charge is 0.478 e. The lowest BCUT2D eigenvalue weighted by atomic mass is 10.2. The Kier molecular flexibility index (Phi) is 8.18. The van der Waals surface area contributed by atoms with Crippen molar-refractivity contribution >= 4 is 46.9 Å². The smallest absolute Gasteiger partial charge is 0.337 e. The number of carbonyl (C=O) groups excluding carboxylic acids is 3. The zero-order chi connectivity index (χ0) is 22.1. The van der Waals surface area contributed by atoms with E-state index in [1.807, 2.05) is 0 Å². The molecule has 156 valence electrons. The highest BCUT2D eigenvalue weighted by molar-refractivity contribution is 8.00. The number of anilines is 2. The summed E-state index contributed by atoms with van der Waals surface area (Å²) in [5.41, 5.74) is 1.40. The predicted octanol–water partition coefficient (Wildman–Crippen LogP) is 3.17. The number of ether oxygens (including phenoxy) is 1. The number of benzene rings is 2. The molecule has 0 atom stereocenters. The molecular weight excluding hydrogens is 408 g/mol. The first kappa shape index (κ1) is 22.7. The number of methoxy groups -OCH3 is 1. The van der Waals surface area contributed by atoms with Gasteiger partial charge in [-0.3, -0.25) is 9.59 Å². The summed E-state index contributed by atoms with van der Waals surface area (Å²) in [5.74, 6) is -2.18. The molecule has 0 saturated carbocycles. The highest BCUT2D eigenvalue weighted by Crippen LogP contribution is 2.21. The second-order valence-corrected chi connectivity index (χ2v) is 7.10. The van der Waals surface area contributed by atoms with Gasteiger partial charge in [-0.15, -0.1) is 11.8 Å². The topological polar surface area (TPSA) is 122 Å². The van der Waals surface area contributed by atoms with Gasteiger partial charge < -0.3 is 20.5 Å². The van der Waals surface area contributed by atoms with Crippen LogP contribution in [0.3, 0.4) is 0 Å². The van der Waals surface area contributed by atoms with Crippen molar-refractivity contribution in [3.63, 3.8) is 0 Å². The Morgan fingerprint density at radius 2 is 1.53 bits per heavy atom. The second-order valence-electron chi connectivity index (χ2n) is 6.05. The molecule has 0 radical (unpaired) electrons. The van der Waals surface area contributed by atoms with Gasteiger partial charge in [-0.2, -0.15) is 0 Å². The average molecular weight is 428 g/mol. The van der Waals surface area contributed by atoms with Crippen LogP contribution in [0.2, 0.25) is 0 Å². The molecule has 0 spiro atoms. The lowest BCUT2D eigenvalue weighted by Gasteiger charge is -2.07. The minimum atomic E-state index is -1.16. The number of carbonyl (C=O) groups is 4. The Bertz CT molecular complexity index is 968. The monoisotopic (exact) mass is 428 g/mol. The number of aliphatic carboxylic acids is 1. The lowest BCUT2D eigenvalue weighted by molar-refractivity contribution is -0.132. The molecule has 0 saturated heterocycles. The van der Waals surface area contributed by atoms with Crippen LogP contribution in [0, 0.1) is 0 Å². The van der Waals surface area contributed by atoms with Crippen molar-refractivity contribution in [3.05, 3.63) is 65.7 Å². The Balaban J connectivity index is 1.84. The van der Waals surface area contributed by atoms with Gasteiger partial charge >= 0.3 is 11.9 Å². The molecular formula is C21H20N2O6S. The minimum Gasteiger partial charge on any atom is -0.478 e. The maximum atomic E-state index is 12.1. The molecule has 0 aromatic heterocycles. The maximum Gasteiger partial charge on any atom is 0.337 e. The molecule has 2 amide bonds. The van der Waals surface area contributed by atoms with E-state index in [-0.39, 0.29) is 17.2 Å². The molecule has 2 rings (SSSR count). The van der Waals surface area contributed by atoms with E-state index in [1.54, 1.807) is 48.5 Å². The normalized spacial score (nSPS) is 10.8. The van der Waals surface area contributed by atoms with Crippen molar-refractivity contribution in [2.75, 3.05) is 23.5 Å². The molecule has 0 fully saturated rings. The highest BCUT2D eigenvalue weighted by atomic mass is 32.2. The Labute approximate surface area is 177 Å². The number of carboxylic acid groups (broad SMARTS) is 1. The van der Waals surface area contributed by atoms with Crippen LogP contribution in [0.15, 0.2) is 65.1 Å². The first-order valence-electron chi connectivity index (χ1n) is 8.72. The molecule has 0 aliphatic heterocycles. The summed E-state index contributed by atoms with van der Waals surface area (Å²) in [5, 5.41) is 14.1. The molecule has 0 bridgehead atoms. The molecule has 0 unspecified atom stereocenters. The Hall–Kier alpha value is -3.59. The fourth-order valence-electron chi connectivity index (χ4n) is 2.22. The highest BCUT2D eigenvalue weighted by Gasteiger charge is 2.08. The van der Waals surface area contributed by atoms with E-state index >= 15 is 0 Å². The average Bonchev–Trinajstić information content (AvgIpc) is 2.73. The number of amides is 2. The van der Waals surface area contributed by atoms with Gasteiger partial charge in [-0.05, 0) is 55.5 Å². The van der Waals surface area contributed by atoms with Crippen LogP contribution in [-0.2, 0) is 19.1 Å². The summed E-state index contributed by atoms with van der Waals surface area (Å²) in [7, 11) is 1.30. The molecule has 0 heterocycles. The van der Waals surface area contributed by atoms with Crippen LogP contribution in [0.25, 0.3) is 0 Å². The van der Waals surface area contributed by atoms with Crippen molar-refractivity contribution in [1.29, 1.82) is 0 Å². The van der Waals surface area contributed by atoms with Crippen LogP contribution in [-0.4, -0.2) is 41.7 Å². The summed E-state index contributed by atoms with van der Waals surface area (Å²) < 4.78 is 4.62. The van der Waals surface area contributed by atoms with Gasteiger partial charge in [0, 0.05) is 27.9 Å². The van der Waals surface area contributed by atoms with Crippen LogP contribution >= 0.6 is 11.8 Å². The third-order valence-corrected chi connectivity index (χ3v) is 4.78. The molecule has 0 aliphatic carbocycles. The third-order valence-electron chi connectivity index (χ3n) is 3.77. The van der Waals surface area contributed by atoms with E-state index in [2.05, 4.69) is 15.4 Å². The van der Waals surface area contributed by atoms with E-state index < -0.39 is 17.8 Å². The van der Waals surface area contributed by atoms with Gasteiger partial charge in [0.25, 0.3) is 0 Å². The Morgan fingerprint density at radius 1 is 0.967 bits per heavy atom. The summed E-state index contributed by atoms with van der Waals surface area (Å²) >= 11 is 1.31. The van der Waals surface area contributed by atoms with Crippen molar-refractivity contribution in [2.45, 2.75) is 11.8 Å². The zero-order valence-corrected chi connectivity index (χ0v) is 17.1. The number of carboxylic acids is 1. The van der Waals surface area contributed by atoms with Gasteiger partial charge in [0.05, 0.1) is 18.4 Å². The standard InChI is InChI=1S/C21H20N2O6S/c1-13(20(26)27)11-18(24)22-16-7-9-17(10-8-16)30-12-19(25)23-15-5-3-14(4-6-15)21(28)29-2/h3-11H,12H2,1-2H3,(H,22,24)(H,23,25)(H,26,27)/b13-11-. The van der Waals surface area contributed by atoms with E-state index in [0.29, 0.717) is 16.9 Å². The van der Waals surface area contributed by atoms with Crippen molar-refractivity contribution in [1.82, 2.24) is 0 Å². The van der Waals surface area contributed by atoms with Gasteiger partial charge in [-0.25, -0.2) is 9.59 Å². The molecule has 30 heavy (non-hydrogen) atoms. The molecule has 2 aromatic rings. The van der Waals surface area contributed by atoms with Crippen LogP contribution in [0.5, 0.6) is 0 Å². The summed E-state index contributed by atoms with van der Waals surface area (Å²) in [6, 6.07) is 13.2. The number of esters is 1. The van der Waals surface area contributed by atoms with E-state index in [9.17, 15) is 19.2 Å². The number of nitrogens with one attached hydrogen (secondary N) is 2. The number of thioether (sulfide) groups is 1. The maximum absolute atomic E-state index is 12.1. The van der Waals surface area contributed by atoms with Crippen molar-refractivity contribution < 1.29 is 29.0 Å². The van der Waals surface area contributed by atoms with Gasteiger partial charge in [0.1, 0.15) is 0 Å². The lowest BCUT2D eigenvalue weighted by Crippen LogP contribution is -2.14. The molecule has 0 aliphatic rings. The molecule has 9 heteroatoms. The van der Waals surface area contributed by atoms with E-state index in [4.69, 9.17) is 5.11 Å². The fourth-order valence-corrected chi connectivity index (χ4v) is 2.92. The Morgan fingerprint density at radius 3 is 2.10 bits per heavy atom. The van der Waals surface area contributed by atoms with E-state index in [1.165, 1.54) is 25.8 Å². The fraction of sp³-hybridized carbons (Fsp3) is 0.143. The van der Waals surface area contributed by atoms with Gasteiger partial charge in [0.15, 0.2) is 0 Å². The number of hydrogen-bond acceptors (Lipinski definition) is 6. The summed E-state index contributed by atoms with van der Waals surface area (Å²) in [4.78, 5) is 46.8. The number of hydrogen-bond donors (Lipinski definition) is 3. The minimum absolute atomic E-state index is 0.0642. The van der Waals surface area contributed by atoms with Crippen LogP contribution in [0.4, 0.5) is 11.4 Å². The van der Waals surface area contributed by atoms with Gasteiger partial charge in [0.2, 0.25) is 11.8 Å². The van der Waals surface area contributed by atoms with E-state index in [0.717, 1.165) is 11.0 Å². The second kappa shape index (κ2) is 10.8. The first-order valence-corrected chi connectivity index (χ1v) is 9.70. The molecule has 8 nitrogen and oxygen atoms in total. The third kappa shape index (κ3) is 7.10. The molecule has 3 N–H and O–H groups in total. The summed E-state index contributed by atoms with van der Waals surface area (Å²) in [6.07, 6.45) is 1.01. The number of rotatable bonds is 8. The molecule has 2 aromatic carbocycles. The van der Waals surface area contributed by atoms with Crippen LogP contribution < -0.4 is 10.6 Å². The predicted molar refractivity (Wildman–Crippen MR) is 114 cm³/mol. The quantitative estimate of drug-likeness (QED) is 0.335. The van der Waals surface area contributed by atoms with Gasteiger partial charge in [-0.1, -0.05) is 0 Å². The van der Waals surface area contributed by atoms with Crippen molar-refractivity contribution in [3.8, 4) is 0 Å². The first-order chi connectivity index (χ1) is 14.3. The summed E-state index contributed by atoms with van der Waals surface area (Å²) in [6.45, 7) is 1.33.